The summed E-state index contributed by atoms with van der Waals surface area (Å²) < 4.78 is 5.30. The molecular formula is C27H36N4O5. The molecule has 0 spiro atoms. The fraction of sp³-hybridized carbons (Fsp3) is 0.519. The predicted octanol–water partition coefficient (Wildman–Crippen LogP) is 3.28. The van der Waals surface area contributed by atoms with Gasteiger partial charge in [-0.1, -0.05) is 44.2 Å². The maximum atomic E-state index is 13.3. The van der Waals surface area contributed by atoms with Crippen LogP contribution in [0, 0.1) is 11.8 Å². The number of aromatic amines is 1. The fourth-order valence-corrected chi connectivity index (χ4v) is 4.36. The molecule has 1 aromatic heterocycles. The molecule has 194 valence electrons. The van der Waals surface area contributed by atoms with E-state index in [2.05, 4.69) is 20.8 Å². The number of aryl methyl sites for hydroxylation is 2. The molecule has 0 saturated carbocycles. The molecule has 0 aliphatic carbocycles. The molecule has 2 amide bonds. The third-order valence-electron chi connectivity index (χ3n) is 6.35. The second kappa shape index (κ2) is 13.6. The Balaban J connectivity index is 1.67. The first-order valence-corrected chi connectivity index (χ1v) is 12.7. The Labute approximate surface area is 211 Å². The van der Waals surface area contributed by atoms with Crippen molar-refractivity contribution in [1.29, 1.82) is 0 Å². The van der Waals surface area contributed by atoms with Crippen molar-refractivity contribution in [2.75, 3.05) is 6.54 Å². The molecule has 3 rings (SSSR count). The third kappa shape index (κ3) is 8.32. The first-order valence-electron chi connectivity index (χ1n) is 12.7. The molecule has 1 aliphatic heterocycles. The first kappa shape index (κ1) is 27.1. The molecule has 2 aromatic rings. The van der Waals surface area contributed by atoms with E-state index in [0.717, 1.165) is 36.1 Å². The highest BCUT2D eigenvalue weighted by atomic mass is 16.5. The largest absolute Gasteiger partial charge is 0.445 e. The number of benzene rings is 1. The Morgan fingerprint density at radius 3 is 2.67 bits per heavy atom. The van der Waals surface area contributed by atoms with Crippen LogP contribution in [0.3, 0.4) is 0 Å². The highest BCUT2D eigenvalue weighted by molar-refractivity contribution is 6.37. The summed E-state index contributed by atoms with van der Waals surface area (Å²) in [7, 11) is 0. The number of Topliss-reactive ketones (excluding diaryl/α,β-unsaturated/α-hetero) is 2. The second-order valence-electron chi connectivity index (χ2n) is 9.75. The number of nitrogens with zero attached hydrogens (tertiary/aromatic N) is 1. The van der Waals surface area contributed by atoms with Gasteiger partial charge in [-0.2, -0.15) is 5.10 Å². The van der Waals surface area contributed by atoms with E-state index < -0.39 is 29.7 Å². The van der Waals surface area contributed by atoms with E-state index >= 15 is 0 Å². The third-order valence-corrected chi connectivity index (χ3v) is 6.35. The monoisotopic (exact) mass is 496 g/mol. The maximum absolute atomic E-state index is 13.3. The van der Waals surface area contributed by atoms with Crippen LogP contribution < -0.4 is 10.6 Å². The SMILES string of the molecule is CC(C)CC(NC(=O)OCc1ccccc1)C(=O)CC1CCc2cn[nH]c2CCCCNC(=O)C1=O. The number of carbonyl (C=O) groups is 4. The Hall–Kier alpha value is -3.49. The zero-order chi connectivity index (χ0) is 25.9. The van der Waals surface area contributed by atoms with E-state index in [9.17, 15) is 19.2 Å². The molecule has 9 nitrogen and oxygen atoms in total. The summed E-state index contributed by atoms with van der Waals surface area (Å²) in [5.74, 6) is -2.19. The molecule has 3 N–H and O–H groups in total. The van der Waals surface area contributed by atoms with Crippen molar-refractivity contribution in [3.8, 4) is 0 Å². The van der Waals surface area contributed by atoms with Crippen LogP contribution in [-0.2, 0) is 38.6 Å². The topological polar surface area (TPSA) is 130 Å². The number of hydrogen-bond donors (Lipinski definition) is 3. The summed E-state index contributed by atoms with van der Waals surface area (Å²) in [6.45, 7) is 4.39. The number of aromatic nitrogens is 2. The minimum absolute atomic E-state index is 0.0869. The maximum Gasteiger partial charge on any atom is 0.408 e. The Kier molecular flexibility index (Phi) is 10.2. The van der Waals surface area contributed by atoms with Crippen molar-refractivity contribution in [1.82, 2.24) is 20.8 Å². The minimum Gasteiger partial charge on any atom is -0.445 e. The van der Waals surface area contributed by atoms with Crippen molar-refractivity contribution in [3.63, 3.8) is 0 Å². The Bertz CT molecular complexity index is 1030. The van der Waals surface area contributed by atoms with Gasteiger partial charge in [0.15, 0.2) is 5.78 Å². The quantitative estimate of drug-likeness (QED) is 0.481. The van der Waals surface area contributed by atoms with Gasteiger partial charge in [0.2, 0.25) is 5.78 Å². The molecule has 0 radical (unpaired) electrons. The number of nitrogens with one attached hydrogen (secondary N) is 3. The van der Waals surface area contributed by atoms with E-state index in [4.69, 9.17) is 4.74 Å². The number of alkyl carbamates (subject to hydrolysis) is 1. The standard InChI is InChI=1S/C27H36N4O5/c1-18(2)14-23(30-27(35)36-17-19-8-4-3-5-9-19)24(32)15-20-11-12-21-16-29-31-22(21)10-6-7-13-28-26(34)25(20)33/h3-5,8-9,16,18,20,23H,6-7,10-15,17H2,1-2H3,(H,28,34)(H,29,31)(H,30,35). The molecule has 2 atom stereocenters. The number of H-pyrrole nitrogens is 1. The number of rotatable bonds is 8. The van der Waals surface area contributed by atoms with Crippen molar-refractivity contribution in [3.05, 3.63) is 53.3 Å². The lowest BCUT2D eigenvalue weighted by molar-refractivity contribution is -0.141. The number of amides is 2. The van der Waals surface area contributed by atoms with Gasteiger partial charge in [0.05, 0.1) is 12.2 Å². The zero-order valence-electron chi connectivity index (χ0n) is 21.0. The van der Waals surface area contributed by atoms with Gasteiger partial charge in [-0.05, 0) is 55.6 Å². The van der Waals surface area contributed by atoms with E-state index in [1.165, 1.54) is 0 Å². The molecule has 1 aliphatic rings. The molecule has 2 heterocycles. The summed E-state index contributed by atoms with van der Waals surface area (Å²) >= 11 is 0. The molecule has 2 unspecified atom stereocenters. The van der Waals surface area contributed by atoms with Gasteiger partial charge >= 0.3 is 6.09 Å². The summed E-state index contributed by atoms with van der Waals surface area (Å²) in [6.07, 6.45) is 4.63. The van der Waals surface area contributed by atoms with Gasteiger partial charge in [-0.25, -0.2) is 4.79 Å². The number of hydrogen-bond acceptors (Lipinski definition) is 6. The van der Waals surface area contributed by atoms with Gasteiger partial charge in [0.25, 0.3) is 5.91 Å². The van der Waals surface area contributed by atoms with E-state index in [-0.39, 0.29) is 24.7 Å². The van der Waals surface area contributed by atoms with Gasteiger partial charge in [0, 0.05) is 24.6 Å². The number of ketones is 2. The average molecular weight is 497 g/mol. The van der Waals surface area contributed by atoms with E-state index in [1.807, 2.05) is 44.2 Å². The van der Waals surface area contributed by atoms with Crippen LogP contribution in [0.4, 0.5) is 4.79 Å². The lowest BCUT2D eigenvalue weighted by atomic mass is 9.87. The van der Waals surface area contributed by atoms with Crippen LogP contribution in [0.25, 0.3) is 0 Å². The zero-order valence-corrected chi connectivity index (χ0v) is 21.0. The smallest absolute Gasteiger partial charge is 0.408 e. The molecule has 9 heteroatoms. The van der Waals surface area contributed by atoms with E-state index in [0.29, 0.717) is 25.8 Å². The van der Waals surface area contributed by atoms with Crippen LogP contribution in [-0.4, -0.2) is 46.4 Å². The molecule has 36 heavy (non-hydrogen) atoms. The first-order chi connectivity index (χ1) is 17.3. The van der Waals surface area contributed by atoms with Crippen molar-refractivity contribution < 1.29 is 23.9 Å². The fourth-order valence-electron chi connectivity index (χ4n) is 4.36. The lowest BCUT2D eigenvalue weighted by Gasteiger charge is -2.22. The second-order valence-corrected chi connectivity index (χ2v) is 9.75. The summed E-state index contributed by atoms with van der Waals surface area (Å²) in [5, 5.41) is 12.5. The molecule has 1 aromatic carbocycles. The summed E-state index contributed by atoms with van der Waals surface area (Å²) in [4.78, 5) is 51.2. The Morgan fingerprint density at radius 1 is 1.14 bits per heavy atom. The molecule has 0 fully saturated rings. The molecule has 0 bridgehead atoms. The highest BCUT2D eigenvalue weighted by Gasteiger charge is 2.31. The van der Waals surface area contributed by atoms with Gasteiger partial charge < -0.3 is 15.4 Å². The Morgan fingerprint density at radius 2 is 1.92 bits per heavy atom. The molecular weight excluding hydrogens is 460 g/mol. The number of carbonyl (C=O) groups excluding carboxylic acids is 4. The predicted molar refractivity (Wildman–Crippen MR) is 134 cm³/mol. The highest BCUT2D eigenvalue weighted by Crippen LogP contribution is 2.21. The van der Waals surface area contributed by atoms with Crippen LogP contribution >= 0.6 is 0 Å². The van der Waals surface area contributed by atoms with E-state index in [1.54, 1.807) is 6.20 Å². The van der Waals surface area contributed by atoms with Gasteiger partial charge in [-0.15, -0.1) is 0 Å². The number of ether oxygens (including phenoxy) is 1. The average Bonchev–Trinajstić information content (AvgIpc) is 3.30. The van der Waals surface area contributed by atoms with Crippen molar-refractivity contribution >= 4 is 23.6 Å². The summed E-state index contributed by atoms with van der Waals surface area (Å²) in [6, 6.07) is 8.45. The number of fused-ring (bicyclic) bond motifs is 1. The van der Waals surface area contributed by atoms with Crippen LogP contribution in [0.15, 0.2) is 36.5 Å². The minimum atomic E-state index is -0.810. The van der Waals surface area contributed by atoms with Crippen LogP contribution in [0.2, 0.25) is 0 Å². The van der Waals surface area contributed by atoms with Gasteiger partial charge in [-0.3, -0.25) is 19.5 Å². The molecule has 0 saturated heterocycles. The lowest BCUT2D eigenvalue weighted by Crippen LogP contribution is -2.44. The van der Waals surface area contributed by atoms with Gasteiger partial charge in [0.1, 0.15) is 6.61 Å². The van der Waals surface area contributed by atoms with Crippen LogP contribution in [0.5, 0.6) is 0 Å². The summed E-state index contributed by atoms with van der Waals surface area (Å²) in [5.41, 5.74) is 2.87. The van der Waals surface area contributed by atoms with Crippen LogP contribution in [0.1, 0.15) is 62.8 Å². The normalized spacial score (nSPS) is 17.8. The van der Waals surface area contributed by atoms with Crippen molar-refractivity contribution in [2.45, 2.75) is 71.4 Å². The van der Waals surface area contributed by atoms with Crippen molar-refractivity contribution in [2.24, 2.45) is 11.8 Å².